The molecular weight excluding hydrogens is 244 g/mol. The zero-order chi connectivity index (χ0) is 13.5. The fourth-order valence-corrected chi connectivity index (χ4v) is 1.50. The lowest BCUT2D eigenvalue weighted by molar-refractivity contribution is -0.0519. The highest BCUT2D eigenvalue weighted by atomic mass is 19.3. The topological polar surface area (TPSA) is 50.7 Å². The van der Waals surface area contributed by atoms with Crippen LogP contribution in [0.15, 0.2) is 18.2 Å². The smallest absolute Gasteiger partial charge is 0.387 e. The minimum Gasteiger partial charge on any atom is -0.493 e. The number of rotatable bonds is 7. The lowest BCUT2D eigenvalue weighted by Gasteiger charge is -2.15. The van der Waals surface area contributed by atoms with E-state index >= 15 is 0 Å². The average Bonchev–Trinajstić information content (AvgIpc) is 2.30. The van der Waals surface area contributed by atoms with Crippen molar-refractivity contribution in [1.82, 2.24) is 5.32 Å². The number of aliphatic hydroxyl groups excluding tert-OH is 1. The van der Waals surface area contributed by atoms with Gasteiger partial charge in [-0.2, -0.15) is 8.78 Å². The van der Waals surface area contributed by atoms with E-state index in [-0.39, 0.29) is 11.5 Å². The Hall–Kier alpha value is -1.40. The first-order valence-corrected chi connectivity index (χ1v) is 5.54. The molecule has 18 heavy (non-hydrogen) atoms. The number of benzene rings is 1. The summed E-state index contributed by atoms with van der Waals surface area (Å²) in [6.07, 6.45) is -0.505. The van der Waals surface area contributed by atoms with Crippen molar-refractivity contribution in [1.29, 1.82) is 0 Å². The number of ether oxygens (including phenoxy) is 2. The van der Waals surface area contributed by atoms with Gasteiger partial charge in [-0.3, -0.25) is 0 Å². The van der Waals surface area contributed by atoms with Gasteiger partial charge in [0.1, 0.15) is 0 Å². The summed E-state index contributed by atoms with van der Waals surface area (Å²) in [4.78, 5) is 0. The summed E-state index contributed by atoms with van der Waals surface area (Å²) >= 11 is 0. The molecule has 102 valence electrons. The Balaban J connectivity index is 2.81. The van der Waals surface area contributed by atoms with Crippen LogP contribution in [0, 0.1) is 0 Å². The van der Waals surface area contributed by atoms with E-state index < -0.39 is 12.7 Å². The van der Waals surface area contributed by atoms with Gasteiger partial charge in [0, 0.05) is 18.7 Å². The van der Waals surface area contributed by atoms with E-state index in [0.29, 0.717) is 18.7 Å². The van der Waals surface area contributed by atoms with Gasteiger partial charge in [-0.1, -0.05) is 12.1 Å². The molecule has 0 saturated heterocycles. The van der Waals surface area contributed by atoms with E-state index in [2.05, 4.69) is 10.1 Å². The Bertz CT molecular complexity index is 372. The lowest BCUT2D eigenvalue weighted by Crippen LogP contribution is -2.24. The highest BCUT2D eigenvalue weighted by Gasteiger charge is 2.14. The van der Waals surface area contributed by atoms with Crippen molar-refractivity contribution >= 4 is 0 Å². The second-order valence-electron chi connectivity index (χ2n) is 3.81. The van der Waals surface area contributed by atoms with Crippen LogP contribution in [0.4, 0.5) is 8.78 Å². The number of alkyl halides is 2. The van der Waals surface area contributed by atoms with Gasteiger partial charge in [0.05, 0.1) is 13.2 Å². The summed E-state index contributed by atoms with van der Waals surface area (Å²) in [5.74, 6) is 0.278. The number of hydrogen-bond donors (Lipinski definition) is 2. The number of halogens is 2. The molecule has 0 spiro atoms. The first-order valence-electron chi connectivity index (χ1n) is 5.54. The average molecular weight is 261 g/mol. The quantitative estimate of drug-likeness (QED) is 0.785. The van der Waals surface area contributed by atoms with E-state index in [4.69, 9.17) is 9.84 Å². The molecule has 0 fully saturated rings. The van der Waals surface area contributed by atoms with Crippen molar-refractivity contribution in [2.24, 2.45) is 0 Å². The van der Waals surface area contributed by atoms with Gasteiger partial charge >= 0.3 is 6.61 Å². The number of aliphatic hydroxyl groups is 1. The Labute approximate surface area is 105 Å². The summed E-state index contributed by atoms with van der Waals surface area (Å²) in [5, 5.41) is 12.0. The predicted octanol–water partition coefficient (Wildman–Crippen LogP) is 1.77. The summed E-state index contributed by atoms with van der Waals surface area (Å²) in [7, 11) is 1.39. The molecule has 1 aromatic carbocycles. The van der Waals surface area contributed by atoms with Gasteiger partial charge in [-0.05, 0) is 13.0 Å². The zero-order valence-electron chi connectivity index (χ0n) is 10.3. The fourth-order valence-electron chi connectivity index (χ4n) is 1.50. The van der Waals surface area contributed by atoms with Crippen molar-refractivity contribution in [2.75, 3.05) is 13.7 Å². The Kier molecular flexibility index (Phi) is 5.80. The maximum atomic E-state index is 12.3. The van der Waals surface area contributed by atoms with Crippen LogP contribution in [-0.2, 0) is 6.54 Å². The third-order valence-electron chi connectivity index (χ3n) is 2.24. The molecule has 1 aromatic rings. The molecule has 1 rings (SSSR count). The molecule has 0 aliphatic carbocycles. The van der Waals surface area contributed by atoms with Crippen LogP contribution >= 0.6 is 0 Å². The molecule has 0 saturated carbocycles. The zero-order valence-corrected chi connectivity index (χ0v) is 10.3. The number of methoxy groups -OCH3 is 1. The lowest BCUT2D eigenvalue weighted by atomic mass is 10.2. The summed E-state index contributed by atoms with van der Waals surface area (Å²) in [6, 6.07) is 4.90. The molecule has 0 aromatic heterocycles. The highest BCUT2D eigenvalue weighted by Crippen LogP contribution is 2.32. The standard InChI is InChI=1S/C12H17F2NO3/c1-8(16)6-15-7-9-4-3-5-10(17-2)11(9)18-12(13)14/h3-5,8,12,15-16H,6-7H2,1-2H3. The maximum absolute atomic E-state index is 12.3. The maximum Gasteiger partial charge on any atom is 0.387 e. The van der Waals surface area contributed by atoms with Crippen LogP contribution in [0.3, 0.4) is 0 Å². The summed E-state index contributed by atoms with van der Waals surface area (Å²) in [5.41, 5.74) is 0.551. The molecule has 1 unspecified atom stereocenters. The van der Waals surface area contributed by atoms with E-state index in [9.17, 15) is 8.78 Å². The normalized spacial score (nSPS) is 12.6. The first kappa shape index (κ1) is 14.7. The highest BCUT2D eigenvalue weighted by molar-refractivity contribution is 5.46. The van der Waals surface area contributed by atoms with Crippen molar-refractivity contribution in [3.63, 3.8) is 0 Å². The molecule has 0 aliphatic rings. The Morgan fingerprint density at radius 2 is 2.11 bits per heavy atom. The number of para-hydroxylation sites is 1. The van der Waals surface area contributed by atoms with Gasteiger partial charge in [0.15, 0.2) is 11.5 Å². The molecule has 0 heterocycles. The third kappa shape index (κ3) is 4.46. The van der Waals surface area contributed by atoms with Crippen LogP contribution in [-0.4, -0.2) is 31.5 Å². The minimum atomic E-state index is -2.91. The third-order valence-corrected chi connectivity index (χ3v) is 2.24. The van der Waals surface area contributed by atoms with E-state index in [0.717, 1.165) is 0 Å². The van der Waals surface area contributed by atoms with Crippen molar-refractivity contribution < 1.29 is 23.4 Å². The first-order chi connectivity index (χ1) is 8.54. The van der Waals surface area contributed by atoms with Crippen molar-refractivity contribution in [3.05, 3.63) is 23.8 Å². The largest absolute Gasteiger partial charge is 0.493 e. The fraction of sp³-hybridized carbons (Fsp3) is 0.500. The summed E-state index contributed by atoms with van der Waals surface area (Å²) < 4.78 is 34.1. The van der Waals surface area contributed by atoms with Gasteiger partial charge in [0.2, 0.25) is 0 Å². The molecule has 0 radical (unpaired) electrons. The molecule has 2 N–H and O–H groups in total. The van der Waals surface area contributed by atoms with Crippen LogP contribution in [0.25, 0.3) is 0 Å². The van der Waals surface area contributed by atoms with Crippen LogP contribution in [0.5, 0.6) is 11.5 Å². The monoisotopic (exact) mass is 261 g/mol. The van der Waals surface area contributed by atoms with Crippen LogP contribution in [0.2, 0.25) is 0 Å². The second kappa shape index (κ2) is 7.13. The minimum absolute atomic E-state index is 0.0214. The van der Waals surface area contributed by atoms with Crippen molar-refractivity contribution in [2.45, 2.75) is 26.2 Å². The molecule has 1 atom stereocenters. The number of hydrogen-bond acceptors (Lipinski definition) is 4. The Morgan fingerprint density at radius 3 is 2.67 bits per heavy atom. The van der Waals surface area contributed by atoms with Gasteiger partial charge in [-0.25, -0.2) is 0 Å². The van der Waals surface area contributed by atoms with Gasteiger partial charge in [-0.15, -0.1) is 0 Å². The predicted molar refractivity (Wildman–Crippen MR) is 63.0 cm³/mol. The molecule has 6 heteroatoms. The molecule has 0 aliphatic heterocycles. The van der Waals surface area contributed by atoms with E-state index in [1.165, 1.54) is 7.11 Å². The molecule has 4 nitrogen and oxygen atoms in total. The second-order valence-corrected chi connectivity index (χ2v) is 3.81. The summed E-state index contributed by atoms with van der Waals surface area (Å²) in [6.45, 7) is -0.596. The molecule has 0 amide bonds. The Morgan fingerprint density at radius 1 is 1.39 bits per heavy atom. The van der Waals surface area contributed by atoms with Crippen LogP contribution in [0.1, 0.15) is 12.5 Å². The SMILES string of the molecule is COc1cccc(CNCC(C)O)c1OC(F)F. The van der Waals surface area contributed by atoms with E-state index in [1.807, 2.05) is 0 Å². The molecule has 0 bridgehead atoms. The van der Waals surface area contributed by atoms with Crippen molar-refractivity contribution in [3.8, 4) is 11.5 Å². The van der Waals surface area contributed by atoms with Gasteiger partial charge in [0.25, 0.3) is 0 Å². The van der Waals surface area contributed by atoms with Gasteiger partial charge < -0.3 is 19.9 Å². The molecular formula is C12H17F2NO3. The van der Waals surface area contributed by atoms with E-state index in [1.54, 1.807) is 25.1 Å². The number of nitrogens with one attached hydrogen (secondary N) is 1. The van der Waals surface area contributed by atoms with Crippen LogP contribution < -0.4 is 14.8 Å².